The van der Waals surface area contributed by atoms with Gasteiger partial charge in [0.2, 0.25) is 10.0 Å². The highest BCUT2D eigenvalue weighted by atomic mass is 79.9. The molecular formula is C11H10BrFN2O2S2. The predicted octanol–water partition coefficient (Wildman–Crippen LogP) is 2.91. The van der Waals surface area contributed by atoms with Crippen molar-refractivity contribution in [2.45, 2.75) is 11.4 Å². The van der Waals surface area contributed by atoms with E-state index in [1.54, 1.807) is 0 Å². The summed E-state index contributed by atoms with van der Waals surface area (Å²) in [6.07, 6.45) is 0. The largest absolute Gasteiger partial charge is 0.378 e. The van der Waals surface area contributed by atoms with Crippen molar-refractivity contribution in [1.29, 1.82) is 0 Å². The SMILES string of the molecule is NS(=O)(=O)c1ccc(NCc2sccc2Br)c(F)c1. The van der Waals surface area contributed by atoms with Gasteiger partial charge in [-0.15, -0.1) is 11.3 Å². The van der Waals surface area contributed by atoms with Crippen LogP contribution in [0.4, 0.5) is 10.1 Å². The second-order valence-corrected chi connectivity index (χ2v) is 7.15. The van der Waals surface area contributed by atoms with Crippen molar-refractivity contribution in [1.82, 2.24) is 0 Å². The topological polar surface area (TPSA) is 72.2 Å². The van der Waals surface area contributed by atoms with Crippen molar-refractivity contribution in [2.24, 2.45) is 5.14 Å². The molecular weight excluding hydrogens is 355 g/mol. The van der Waals surface area contributed by atoms with E-state index in [9.17, 15) is 12.8 Å². The van der Waals surface area contributed by atoms with E-state index in [0.29, 0.717) is 6.54 Å². The summed E-state index contributed by atoms with van der Waals surface area (Å²) >= 11 is 4.91. The molecule has 2 aromatic rings. The first-order valence-corrected chi connectivity index (χ1v) is 8.38. The molecule has 3 N–H and O–H groups in total. The van der Waals surface area contributed by atoms with Crippen molar-refractivity contribution in [3.8, 4) is 0 Å². The maximum Gasteiger partial charge on any atom is 0.238 e. The zero-order valence-corrected chi connectivity index (χ0v) is 12.8. The maximum atomic E-state index is 13.7. The first kappa shape index (κ1) is 14.4. The lowest BCUT2D eigenvalue weighted by atomic mass is 10.3. The van der Waals surface area contributed by atoms with E-state index in [2.05, 4.69) is 21.2 Å². The quantitative estimate of drug-likeness (QED) is 0.875. The average Bonchev–Trinajstić information content (AvgIpc) is 2.72. The zero-order valence-electron chi connectivity index (χ0n) is 9.56. The molecule has 1 aromatic heterocycles. The number of hydrogen-bond acceptors (Lipinski definition) is 4. The molecule has 0 fully saturated rings. The molecule has 19 heavy (non-hydrogen) atoms. The Morgan fingerprint density at radius 1 is 1.37 bits per heavy atom. The van der Waals surface area contributed by atoms with Gasteiger partial charge in [-0.05, 0) is 45.6 Å². The van der Waals surface area contributed by atoms with Gasteiger partial charge in [-0.2, -0.15) is 0 Å². The van der Waals surface area contributed by atoms with E-state index in [-0.39, 0.29) is 10.6 Å². The minimum absolute atomic E-state index is 0.229. The Morgan fingerprint density at radius 3 is 2.63 bits per heavy atom. The Bertz CT molecular complexity index is 700. The molecule has 0 saturated carbocycles. The summed E-state index contributed by atoms with van der Waals surface area (Å²) in [5.41, 5.74) is 0.229. The predicted molar refractivity (Wildman–Crippen MR) is 77.1 cm³/mol. The molecule has 0 aliphatic rings. The molecule has 0 atom stereocenters. The highest BCUT2D eigenvalue weighted by Gasteiger charge is 2.11. The number of sulfonamides is 1. The van der Waals surface area contributed by atoms with Crippen LogP contribution in [0.3, 0.4) is 0 Å². The third-order valence-electron chi connectivity index (χ3n) is 2.40. The van der Waals surface area contributed by atoms with E-state index < -0.39 is 15.8 Å². The van der Waals surface area contributed by atoms with Gasteiger partial charge in [0, 0.05) is 9.35 Å². The van der Waals surface area contributed by atoms with Gasteiger partial charge >= 0.3 is 0 Å². The van der Waals surface area contributed by atoms with E-state index >= 15 is 0 Å². The smallest absolute Gasteiger partial charge is 0.238 e. The Labute approximate surface area is 122 Å². The number of primary sulfonamides is 1. The average molecular weight is 365 g/mol. The van der Waals surface area contributed by atoms with Crippen LogP contribution in [0.5, 0.6) is 0 Å². The molecule has 0 spiro atoms. The van der Waals surface area contributed by atoms with Crippen LogP contribution >= 0.6 is 27.3 Å². The molecule has 0 radical (unpaired) electrons. The highest BCUT2D eigenvalue weighted by molar-refractivity contribution is 9.10. The lowest BCUT2D eigenvalue weighted by Crippen LogP contribution is -2.12. The lowest BCUT2D eigenvalue weighted by Gasteiger charge is -2.08. The Kier molecular flexibility index (Phi) is 4.24. The Balaban J connectivity index is 2.16. The van der Waals surface area contributed by atoms with E-state index in [1.165, 1.54) is 23.5 Å². The second-order valence-electron chi connectivity index (χ2n) is 3.73. The normalized spacial score (nSPS) is 11.5. The van der Waals surface area contributed by atoms with Crippen LogP contribution in [0.15, 0.2) is 39.0 Å². The van der Waals surface area contributed by atoms with Crippen molar-refractivity contribution < 1.29 is 12.8 Å². The summed E-state index contributed by atoms with van der Waals surface area (Å²) in [6.45, 7) is 0.448. The van der Waals surface area contributed by atoms with Gasteiger partial charge in [-0.1, -0.05) is 0 Å². The molecule has 1 aromatic carbocycles. The zero-order chi connectivity index (χ0) is 14.0. The molecule has 0 bridgehead atoms. The van der Waals surface area contributed by atoms with Crippen LogP contribution in [-0.2, 0) is 16.6 Å². The number of thiophene rings is 1. The lowest BCUT2D eigenvalue weighted by molar-refractivity contribution is 0.593. The van der Waals surface area contributed by atoms with Crippen LogP contribution in [-0.4, -0.2) is 8.42 Å². The van der Waals surface area contributed by atoms with Crippen LogP contribution in [0.25, 0.3) is 0 Å². The fraction of sp³-hybridized carbons (Fsp3) is 0.0909. The fourth-order valence-corrected chi connectivity index (χ4v) is 3.40. The van der Waals surface area contributed by atoms with Gasteiger partial charge in [-0.25, -0.2) is 17.9 Å². The number of halogens is 2. The first-order valence-electron chi connectivity index (χ1n) is 5.16. The van der Waals surface area contributed by atoms with Crippen molar-refractivity contribution in [3.63, 3.8) is 0 Å². The van der Waals surface area contributed by atoms with Crippen LogP contribution in [0.2, 0.25) is 0 Å². The van der Waals surface area contributed by atoms with Gasteiger partial charge in [-0.3, -0.25) is 0 Å². The number of hydrogen-bond donors (Lipinski definition) is 2. The first-order chi connectivity index (χ1) is 8.88. The van der Waals surface area contributed by atoms with Gasteiger partial charge < -0.3 is 5.32 Å². The molecule has 8 heteroatoms. The number of anilines is 1. The molecule has 0 aliphatic carbocycles. The van der Waals surface area contributed by atoms with Gasteiger partial charge in [0.25, 0.3) is 0 Å². The molecule has 0 saturated heterocycles. The van der Waals surface area contributed by atoms with Crippen molar-refractivity contribution in [2.75, 3.05) is 5.32 Å². The second kappa shape index (κ2) is 5.58. The summed E-state index contributed by atoms with van der Waals surface area (Å²) in [7, 11) is -3.88. The van der Waals surface area contributed by atoms with Gasteiger partial charge in [0.05, 0.1) is 17.1 Å². The van der Waals surface area contributed by atoms with Crippen molar-refractivity contribution >= 4 is 43.0 Å². The van der Waals surface area contributed by atoms with Crippen molar-refractivity contribution in [3.05, 3.63) is 44.8 Å². The minimum Gasteiger partial charge on any atom is -0.378 e. The van der Waals surface area contributed by atoms with Crippen LogP contribution in [0, 0.1) is 5.82 Å². The van der Waals surface area contributed by atoms with Crippen LogP contribution < -0.4 is 10.5 Å². The summed E-state index contributed by atoms with van der Waals surface area (Å²) in [6, 6.07) is 5.43. The van der Waals surface area contributed by atoms with Gasteiger partial charge in [0.1, 0.15) is 5.82 Å². The summed E-state index contributed by atoms with van der Waals surface area (Å²) in [5.74, 6) is -0.654. The minimum atomic E-state index is -3.88. The number of benzene rings is 1. The van der Waals surface area contributed by atoms with E-state index in [1.807, 2.05) is 11.4 Å². The molecule has 0 unspecified atom stereocenters. The summed E-state index contributed by atoms with van der Waals surface area (Å²) in [4.78, 5) is 0.780. The highest BCUT2D eigenvalue weighted by Crippen LogP contribution is 2.25. The summed E-state index contributed by atoms with van der Waals surface area (Å²) in [5, 5.41) is 9.75. The third-order valence-corrected chi connectivity index (χ3v) is 5.24. The molecule has 1 heterocycles. The number of nitrogens with one attached hydrogen (secondary N) is 1. The molecule has 102 valence electrons. The molecule has 0 aliphatic heterocycles. The van der Waals surface area contributed by atoms with Crippen LogP contribution in [0.1, 0.15) is 4.88 Å². The summed E-state index contributed by atoms with van der Waals surface area (Å²) < 4.78 is 36.8. The van der Waals surface area contributed by atoms with Gasteiger partial charge in [0.15, 0.2) is 0 Å². The van der Waals surface area contributed by atoms with E-state index in [0.717, 1.165) is 15.4 Å². The Morgan fingerprint density at radius 2 is 2.11 bits per heavy atom. The fourth-order valence-electron chi connectivity index (χ4n) is 1.44. The number of nitrogens with two attached hydrogens (primary N) is 1. The monoisotopic (exact) mass is 364 g/mol. The standard InChI is InChI=1S/C11H10BrFN2O2S2/c12-8-3-4-18-11(8)6-15-10-2-1-7(5-9(10)13)19(14,16)17/h1-5,15H,6H2,(H2,14,16,17). The maximum absolute atomic E-state index is 13.7. The molecule has 4 nitrogen and oxygen atoms in total. The molecule has 2 rings (SSSR count). The third kappa shape index (κ3) is 3.53. The van der Waals surface area contributed by atoms with E-state index in [4.69, 9.17) is 5.14 Å². The number of rotatable bonds is 4. The Hall–Kier alpha value is -0.960. The molecule has 0 amide bonds.